The van der Waals surface area contributed by atoms with Crippen LogP contribution in [0.1, 0.15) is 73.0 Å². The SMILES string of the molecule is C[C@@H]1[C@@H](C)C/C=C/[C@@](O)(c2cccnc2F)[C@@H]2CC[C@H]2CN2C[C@@]3(CCCc4cc(Cl)ccc43)COc3ccc(cc32)C(=O)NS1(=O)=O. The summed E-state index contributed by atoms with van der Waals surface area (Å²) in [4.78, 5) is 19.6. The topological polar surface area (TPSA) is 109 Å². The second kappa shape index (κ2) is 12.4. The molecule has 3 aromatic rings. The van der Waals surface area contributed by atoms with Gasteiger partial charge in [0.15, 0.2) is 0 Å². The number of anilines is 1. The summed E-state index contributed by atoms with van der Waals surface area (Å²) in [6.45, 7) is 4.85. The molecule has 2 aromatic carbocycles. The van der Waals surface area contributed by atoms with Crippen LogP contribution in [0, 0.1) is 23.7 Å². The zero-order chi connectivity index (χ0) is 33.8. The van der Waals surface area contributed by atoms with Crippen molar-refractivity contribution < 1.29 is 27.4 Å². The maximum Gasteiger partial charge on any atom is 0.264 e. The Morgan fingerprint density at radius 2 is 1.96 bits per heavy atom. The van der Waals surface area contributed by atoms with Crippen molar-refractivity contribution in [2.75, 3.05) is 24.6 Å². The first-order valence-electron chi connectivity index (χ1n) is 16.8. The zero-order valence-corrected chi connectivity index (χ0v) is 28.7. The molecule has 2 bridgehead atoms. The lowest BCUT2D eigenvalue weighted by Crippen LogP contribution is -2.51. The molecule has 8 nitrogen and oxygen atoms in total. The number of fused-ring (bicyclic) bond motifs is 4. The Bertz CT molecular complexity index is 1890. The number of rotatable bonds is 1. The first-order chi connectivity index (χ1) is 22.9. The van der Waals surface area contributed by atoms with Gasteiger partial charge in [0.25, 0.3) is 5.91 Å². The average molecular weight is 694 g/mol. The summed E-state index contributed by atoms with van der Waals surface area (Å²) in [6, 6.07) is 14.3. The Morgan fingerprint density at radius 1 is 1.12 bits per heavy atom. The summed E-state index contributed by atoms with van der Waals surface area (Å²) < 4.78 is 51.0. The van der Waals surface area contributed by atoms with Gasteiger partial charge in [-0.05, 0) is 111 Å². The summed E-state index contributed by atoms with van der Waals surface area (Å²) in [5.74, 6) is -1.59. The number of ether oxygens (including phenoxy) is 1. The minimum Gasteiger partial charge on any atom is -0.490 e. The number of allylic oxidation sites excluding steroid dienone is 1. The molecule has 1 saturated carbocycles. The van der Waals surface area contributed by atoms with Crippen LogP contribution >= 0.6 is 11.6 Å². The number of nitrogens with zero attached hydrogens (tertiary/aromatic N) is 2. The van der Waals surface area contributed by atoms with E-state index in [1.807, 2.05) is 12.1 Å². The fraction of sp³-hybridized carbons (Fsp3) is 0.459. The summed E-state index contributed by atoms with van der Waals surface area (Å²) in [7, 11) is -4.05. The maximum atomic E-state index is 15.3. The van der Waals surface area contributed by atoms with E-state index in [1.54, 1.807) is 56.3 Å². The van der Waals surface area contributed by atoms with Crippen molar-refractivity contribution in [1.29, 1.82) is 0 Å². The minimum absolute atomic E-state index is 0.0300. The number of aryl methyl sites for hydroxylation is 1. The summed E-state index contributed by atoms with van der Waals surface area (Å²) in [5, 5.41) is 12.2. The number of carbonyl (C=O) groups is 1. The fourth-order valence-corrected chi connectivity index (χ4v) is 9.72. The van der Waals surface area contributed by atoms with Gasteiger partial charge in [-0.3, -0.25) is 4.79 Å². The Morgan fingerprint density at radius 3 is 2.73 bits per heavy atom. The van der Waals surface area contributed by atoms with Crippen molar-refractivity contribution in [3.8, 4) is 5.75 Å². The molecule has 4 aliphatic rings. The molecular weight excluding hydrogens is 653 g/mol. The number of hydrogen-bond donors (Lipinski definition) is 2. The second-order valence-corrected chi connectivity index (χ2v) is 16.7. The first-order valence-corrected chi connectivity index (χ1v) is 18.7. The number of carbonyl (C=O) groups excluding carboxylic acids is 1. The van der Waals surface area contributed by atoms with Crippen molar-refractivity contribution in [3.05, 3.63) is 100 Å². The van der Waals surface area contributed by atoms with Crippen LogP contribution in [0.2, 0.25) is 5.02 Å². The monoisotopic (exact) mass is 693 g/mol. The number of nitrogens with one attached hydrogen (secondary N) is 1. The molecule has 11 heteroatoms. The predicted molar refractivity (Wildman–Crippen MR) is 183 cm³/mol. The van der Waals surface area contributed by atoms with Crippen LogP contribution < -0.4 is 14.4 Å². The molecule has 0 unspecified atom stereocenters. The lowest BCUT2D eigenvalue weighted by atomic mass is 9.62. The predicted octanol–water partition coefficient (Wildman–Crippen LogP) is 6.31. The van der Waals surface area contributed by atoms with Crippen LogP contribution in [0.15, 0.2) is 66.9 Å². The van der Waals surface area contributed by atoms with Crippen molar-refractivity contribution in [2.45, 2.75) is 68.6 Å². The van der Waals surface area contributed by atoms with Crippen LogP contribution in [0.5, 0.6) is 5.75 Å². The normalized spacial score (nSPS) is 32.1. The van der Waals surface area contributed by atoms with Gasteiger partial charge in [-0.1, -0.05) is 36.7 Å². The van der Waals surface area contributed by atoms with Crippen LogP contribution in [0.3, 0.4) is 0 Å². The highest BCUT2D eigenvalue weighted by atomic mass is 35.5. The summed E-state index contributed by atoms with van der Waals surface area (Å²) in [5.41, 5.74) is 1.35. The van der Waals surface area contributed by atoms with Gasteiger partial charge in [-0.25, -0.2) is 18.1 Å². The molecule has 2 aliphatic carbocycles. The molecule has 2 N–H and O–H groups in total. The molecule has 3 heterocycles. The smallest absolute Gasteiger partial charge is 0.264 e. The molecule has 1 amide bonds. The summed E-state index contributed by atoms with van der Waals surface area (Å²) in [6.07, 6.45) is 9.29. The molecule has 1 fully saturated rings. The molecule has 2 aliphatic heterocycles. The van der Waals surface area contributed by atoms with E-state index in [4.69, 9.17) is 16.3 Å². The van der Waals surface area contributed by atoms with Crippen LogP contribution in [0.25, 0.3) is 0 Å². The third-order valence-electron chi connectivity index (χ3n) is 11.3. The van der Waals surface area contributed by atoms with Gasteiger partial charge in [0.1, 0.15) is 11.4 Å². The number of sulfonamides is 1. The number of hydrogen-bond acceptors (Lipinski definition) is 7. The van der Waals surface area contributed by atoms with Gasteiger partial charge in [-0.2, -0.15) is 4.39 Å². The van der Waals surface area contributed by atoms with Crippen molar-refractivity contribution >= 4 is 33.2 Å². The molecule has 0 radical (unpaired) electrons. The number of benzene rings is 2. The molecule has 0 saturated heterocycles. The number of aromatic nitrogens is 1. The fourth-order valence-electron chi connectivity index (χ4n) is 8.24. The molecule has 254 valence electrons. The van der Waals surface area contributed by atoms with E-state index in [0.29, 0.717) is 49.0 Å². The van der Waals surface area contributed by atoms with Gasteiger partial charge in [-0.15, -0.1) is 0 Å². The van der Waals surface area contributed by atoms with Crippen molar-refractivity contribution in [1.82, 2.24) is 9.71 Å². The lowest BCUT2D eigenvalue weighted by molar-refractivity contribution is -0.0526. The van der Waals surface area contributed by atoms with Gasteiger partial charge in [0.05, 0.1) is 17.5 Å². The second-order valence-electron chi connectivity index (χ2n) is 14.2. The van der Waals surface area contributed by atoms with E-state index in [0.717, 1.165) is 25.7 Å². The average Bonchev–Trinajstić information content (AvgIpc) is 3.18. The van der Waals surface area contributed by atoms with Gasteiger partial charge in [0, 0.05) is 46.8 Å². The van der Waals surface area contributed by atoms with Gasteiger partial charge in [0.2, 0.25) is 16.0 Å². The Hall–Kier alpha value is -3.47. The third-order valence-corrected chi connectivity index (χ3v) is 13.5. The maximum absolute atomic E-state index is 15.3. The lowest BCUT2D eigenvalue weighted by Gasteiger charge is -2.49. The minimum atomic E-state index is -4.05. The molecule has 6 atom stereocenters. The largest absolute Gasteiger partial charge is 0.490 e. The highest BCUT2D eigenvalue weighted by Crippen LogP contribution is 2.51. The Balaban J connectivity index is 1.36. The molecule has 7 rings (SSSR count). The first kappa shape index (κ1) is 33.0. The highest BCUT2D eigenvalue weighted by molar-refractivity contribution is 7.90. The van der Waals surface area contributed by atoms with Gasteiger partial charge >= 0.3 is 0 Å². The van der Waals surface area contributed by atoms with E-state index < -0.39 is 38.6 Å². The Kier molecular flexibility index (Phi) is 8.57. The zero-order valence-electron chi connectivity index (χ0n) is 27.2. The highest BCUT2D eigenvalue weighted by Gasteiger charge is 2.50. The van der Waals surface area contributed by atoms with Crippen LogP contribution in [-0.2, 0) is 27.5 Å². The van der Waals surface area contributed by atoms with Crippen molar-refractivity contribution in [3.63, 3.8) is 0 Å². The van der Waals surface area contributed by atoms with E-state index in [-0.39, 0.29) is 28.4 Å². The Labute approximate surface area is 286 Å². The number of aliphatic hydroxyl groups is 1. The third kappa shape index (κ3) is 5.79. The van der Waals surface area contributed by atoms with E-state index in [9.17, 15) is 18.3 Å². The van der Waals surface area contributed by atoms with Crippen LogP contribution in [0.4, 0.5) is 10.1 Å². The quantitative estimate of drug-likeness (QED) is 0.227. The van der Waals surface area contributed by atoms with Gasteiger partial charge < -0.3 is 14.7 Å². The van der Waals surface area contributed by atoms with Crippen LogP contribution in [-0.4, -0.2) is 49.4 Å². The summed E-state index contributed by atoms with van der Waals surface area (Å²) >= 11 is 6.42. The standard InChI is InChI=1S/C37H41ClFN3O5S/c1-23-6-3-16-37(44,31-8-5-17-40-34(31)39)30-12-9-27(30)20-42-21-36(15-4-7-25-18-28(38)11-13-29(25)36)22-47-33-14-10-26(19-32(33)42)35(43)41-48(45,46)24(23)2/h3,5,8,10-11,13-14,16-19,23-24,27,30,44H,4,6-7,9,12,15,20-22H2,1-2H3,(H,41,43)/b16-3+/t23-,24+,27-,30+,36-,37-/m0/s1. The van der Waals surface area contributed by atoms with E-state index in [2.05, 4.69) is 20.7 Å². The molecule has 48 heavy (non-hydrogen) atoms. The van der Waals surface area contributed by atoms with E-state index in [1.165, 1.54) is 17.3 Å². The van der Waals surface area contributed by atoms with Crippen molar-refractivity contribution in [2.24, 2.45) is 17.8 Å². The molecule has 1 aromatic heterocycles. The van der Waals surface area contributed by atoms with E-state index >= 15 is 4.39 Å². The molecule has 1 spiro atoms. The number of amides is 1. The number of halogens is 2. The number of pyridine rings is 1. The molecular formula is C37H41ClFN3O5S.